The van der Waals surface area contributed by atoms with Crippen LogP contribution in [0.1, 0.15) is 51.9 Å². The molecule has 0 saturated heterocycles. The Hall–Kier alpha value is -0.260. The molecule has 5 unspecified atom stereocenters. The first-order valence-electron chi connectivity index (χ1n) is 7.01. The van der Waals surface area contributed by atoms with Gasteiger partial charge in [-0.15, -0.1) is 0 Å². The van der Waals surface area contributed by atoms with Crippen LogP contribution in [0, 0.1) is 29.6 Å². The Bertz CT molecular complexity index is 253. The Labute approximate surface area is 94.1 Å². The van der Waals surface area contributed by atoms with Gasteiger partial charge in [0, 0.05) is 0 Å². The van der Waals surface area contributed by atoms with Crippen LogP contribution in [0.25, 0.3) is 0 Å². The maximum Gasteiger partial charge on any atom is -0.0174 e. The van der Waals surface area contributed by atoms with Gasteiger partial charge in [0.2, 0.25) is 0 Å². The zero-order valence-corrected chi connectivity index (χ0v) is 9.99. The van der Waals surface area contributed by atoms with Crippen molar-refractivity contribution in [1.29, 1.82) is 0 Å². The first-order valence-corrected chi connectivity index (χ1v) is 7.01. The summed E-state index contributed by atoms with van der Waals surface area (Å²) < 4.78 is 0. The normalized spacial score (nSPS) is 49.5. The molecule has 84 valence electrons. The van der Waals surface area contributed by atoms with E-state index < -0.39 is 0 Å². The molecule has 0 heteroatoms. The van der Waals surface area contributed by atoms with Crippen molar-refractivity contribution in [3.05, 3.63) is 12.2 Å². The molecule has 2 fully saturated rings. The third-order valence-electron chi connectivity index (χ3n) is 5.31. The first kappa shape index (κ1) is 9.93. The van der Waals surface area contributed by atoms with Gasteiger partial charge in [-0.05, 0) is 68.1 Å². The summed E-state index contributed by atoms with van der Waals surface area (Å²) in [6, 6.07) is 0. The molecule has 0 spiro atoms. The van der Waals surface area contributed by atoms with E-state index in [0.717, 1.165) is 29.6 Å². The fraction of sp³-hybridized carbons (Fsp3) is 0.867. The van der Waals surface area contributed by atoms with Crippen molar-refractivity contribution in [2.45, 2.75) is 51.9 Å². The second-order valence-corrected chi connectivity index (χ2v) is 6.26. The molecule has 0 N–H and O–H groups in total. The third-order valence-corrected chi connectivity index (χ3v) is 5.31. The Balaban J connectivity index is 1.77. The van der Waals surface area contributed by atoms with Gasteiger partial charge < -0.3 is 0 Å². The lowest BCUT2D eigenvalue weighted by Gasteiger charge is -2.47. The number of allylic oxidation sites excluding steroid dienone is 2. The standard InChI is InChI=1S/C15H24/c1-11-6-9-15-13(10-11)8-7-12-4-2-3-5-14(12)15/h3,5,11-15H,2,4,6-10H2,1H3. The molecule has 0 bridgehead atoms. The molecule has 0 nitrogen and oxygen atoms in total. The van der Waals surface area contributed by atoms with Crippen LogP contribution >= 0.6 is 0 Å². The Kier molecular flexibility index (Phi) is 2.62. The number of fused-ring (bicyclic) bond motifs is 3. The highest BCUT2D eigenvalue weighted by atomic mass is 14.5. The van der Waals surface area contributed by atoms with Crippen LogP contribution in [0.5, 0.6) is 0 Å². The Morgan fingerprint density at radius 1 is 0.933 bits per heavy atom. The van der Waals surface area contributed by atoms with E-state index in [1.165, 1.54) is 38.5 Å². The van der Waals surface area contributed by atoms with Gasteiger partial charge in [-0.2, -0.15) is 0 Å². The second kappa shape index (κ2) is 3.96. The second-order valence-electron chi connectivity index (χ2n) is 6.26. The molecular weight excluding hydrogens is 180 g/mol. The molecule has 0 aromatic rings. The summed E-state index contributed by atoms with van der Waals surface area (Å²) >= 11 is 0. The summed E-state index contributed by atoms with van der Waals surface area (Å²) in [5.41, 5.74) is 0. The zero-order chi connectivity index (χ0) is 10.3. The molecule has 5 atom stereocenters. The number of hydrogen-bond acceptors (Lipinski definition) is 0. The lowest BCUT2D eigenvalue weighted by Crippen LogP contribution is -2.38. The van der Waals surface area contributed by atoms with Gasteiger partial charge in [0.1, 0.15) is 0 Å². The molecule has 2 saturated carbocycles. The van der Waals surface area contributed by atoms with E-state index in [4.69, 9.17) is 0 Å². The topological polar surface area (TPSA) is 0 Å². The van der Waals surface area contributed by atoms with Crippen molar-refractivity contribution >= 4 is 0 Å². The number of hydrogen-bond donors (Lipinski definition) is 0. The molecule has 0 aliphatic heterocycles. The minimum Gasteiger partial charge on any atom is -0.0882 e. The quantitative estimate of drug-likeness (QED) is 0.513. The van der Waals surface area contributed by atoms with Gasteiger partial charge in [-0.25, -0.2) is 0 Å². The fourth-order valence-corrected chi connectivity index (χ4v) is 4.53. The molecule has 3 aliphatic carbocycles. The highest BCUT2D eigenvalue weighted by molar-refractivity contribution is 5.04. The molecule has 0 heterocycles. The van der Waals surface area contributed by atoms with Gasteiger partial charge in [0.05, 0.1) is 0 Å². The van der Waals surface area contributed by atoms with E-state index in [9.17, 15) is 0 Å². The van der Waals surface area contributed by atoms with Gasteiger partial charge >= 0.3 is 0 Å². The minimum atomic E-state index is 0.977. The van der Waals surface area contributed by atoms with Gasteiger partial charge in [-0.1, -0.05) is 25.5 Å². The highest BCUT2D eigenvalue weighted by Gasteiger charge is 2.40. The van der Waals surface area contributed by atoms with Crippen molar-refractivity contribution in [1.82, 2.24) is 0 Å². The van der Waals surface area contributed by atoms with Crippen LogP contribution in [0.2, 0.25) is 0 Å². The molecule has 0 amide bonds. The molecule has 0 radical (unpaired) electrons. The summed E-state index contributed by atoms with van der Waals surface area (Å²) in [7, 11) is 0. The first-order chi connectivity index (χ1) is 7.34. The predicted octanol–water partition coefficient (Wildman–Crippen LogP) is 4.42. The van der Waals surface area contributed by atoms with Crippen molar-refractivity contribution in [2.75, 3.05) is 0 Å². The summed E-state index contributed by atoms with van der Waals surface area (Å²) in [4.78, 5) is 0. The van der Waals surface area contributed by atoms with E-state index in [2.05, 4.69) is 19.1 Å². The third kappa shape index (κ3) is 1.77. The van der Waals surface area contributed by atoms with Crippen LogP contribution in [-0.2, 0) is 0 Å². The summed E-state index contributed by atoms with van der Waals surface area (Å²) in [5, 5.41) is 0. The molecule has 0 aromatic heterocycles. The van der Waals surface area contributed by atoms with Crippen molar-refractivity contribution in [2.24, 2.45) is 29.6 Å². The summed E-state index contributed by atoms with van der Waals surface area (Å²) in [6.45, 7) is 2.46. The largest absolute Gasteiger partial charge is 0.0882 e. The summed E-state index contributed by atoms with van der Waals surface area (Å²) in [5.74, 6) is 5.19. The Morgan fingerprint density at radius 3 is 2.73 bits per heavy atom. The lowest BCUT2D eigenvalue weighted by atomic mass is 9.58. The van der Waals surface area contributed by atoms with E-state index >= 15 is 0 Å². The van der Waals surface area contributed by atoms with Crippen molar-refractivity contribution < 1.29 is 0 Å². The van der Waals surface area contributed by atoms with E-state index in [0.29, 0.717) is 0 Å². The molecular formula is C15H24. The van der Waals surface area contributed by atoms with E-state index in [-0.39, 0.29) is 0 Å². The SMILES string of the molecule is CC1CCC2C(CCC3CCC=CC32)C1. The lowest BCUT2D eigenvalue weighted by molar-refractivity contribution is 0.0557. The molecule has 3 rings (SSSR count). The molecule has 0 aromatic carbocycles. The van der Waals surface area contributed by atoms with Crippen molar-refractivity contribution in [3.8, 4) is 0 Å². The maximum atomic E-state index is 2.58. The highest BCUT2D eigenvalue weighted by Crippen LogP contribution is 2.50. The van der Waals surface area contributed by atoms with E-state index in [1.807, 2.05) is 0 Å². The van der Waals surface area contributed by atoms with Crippen LogP contribution < -0.4 is 0 Å². The van der Waals surface area contributed by atoms with Crippen LogP contribution in [0.4, 0.5) is 0 Å². The maximum absolute atomic E-state index is 2.58. The average molecular weight is 204 g/mol. The van der Waals surface area contributed by atoms with Crippen LogP contribution in [0.15, 0.2) is 12.2 Å². The van der Waals surface area contributed by atoms with Crippen LogP contribution in [0.3, 0.4) is 0 Å². The van der Waals surface area contributed by atoms with Gasteiger partial charge in [0.15, 0.2) is 0 Å². The van der Waals surface area contributed by atoms with E-state index in [1.54, 1.807) is 6.42 Å². The molecule has 15 heavy (non-hydrogen) atoms. The van der Waals surface area contributed by atoms with Crippen LogP contribution in [-0.4, -0.2) is 0 Å². The Morgan fingerprint density at radius 2 is 1.80 bits per heavy atom. The fourth-order valence-electron chi connectivity index (χ4n) is 4.53. The monoisotopic (exact) mass is 204 g/mol. The minimum absolute atomic E-state index is 0.977. The van der Waals surface area contributed by atoms with Crippen molar-refractivity contribution in [3.63, 3.8) is 0 Å². The van der Waals surface area contributed by atoms with Gasteiger partial charge in [0.25, 0.3) is 0 Å². The average Bonchev–Trinajstić information content (AvgIpc) is 2.28. The smallest absolute Gasteiger partial charge is 0.0174 e. The molecule has 3 aliphatic rings. The summed E-state index contributed by atoms with van der Waals surface area (Å²) in [6.07, 6.45) is 15.5. The van der Waals surface area contributed by atoms with Gasteiger partial charge in [-0.3, -0.25) is 0 Å². The zero-order valence-electron chi connectivity index (χ0n) is 9.99. The predicted molar refractivity (Wildman–Crippen MR) is 64.6 cm³/mol. The number of rotatable bonds is 0.